The smallest absolute Gasteiger partial charge is 0.303 e. The molecule has 0 aromatic heterocycles. The van der Waals surface area contributed by atoms with Crippen LogP contribution >= 0.6 is 0 Å². The van der Waals surface area contributed by atoms with E-state index in [1.807, 2.05) is 6.08 Å². The van der Waals surface area contributed by atoms with Gasteiger partial charge in [-0.25, -0.2) is 0 Å². The summed E-state index contributed by atoms with van der Waals surface area (Å²) in [6.45, 7) is 7.27. The van der Waals surface area contributed by atoms with Gasteiger partial charge in [0, 0.05) is 12.8 Å². The van der Waals surface area contributed by atoms with Crippen LogP contribution in [0.1, 0.15) is 85.0 Å². The Balaban J connectivity index is 1.55. The molecule has 3 nitrogen and oxygen atoms in total. The summed E-state index contributed by atoms with van der Waals surface area (Å²) in [5, 5.41) is 9.08. The van der Waals surface area contributed by atoms with Gasteiger partial charge < -0.3 is 5.11 Å². The predicted molar refractivity (Wildman–Crippen MR) is 106 cm³/mol. The Labute approximate surface area is 164 Å². The quantitative estimate of drug-likeness (QED) is 0.695. The van der Waals surface area contributed by atoms with Crippen molar-refractivity contribution in [1.29, 1.82) is 0 Å². The summed E-state index contributed by atoms with van der Waals surface area (Å²) < 4.78 is 0. The molecule has 1 N–H and O–H groups in total. The lowest BCUT2D eigenvalue weighted by Gasteiger charge is -2.58. The average molecular weight is 373 g/mol. The molecule has 150 valence electrons. The van der Waals surface area contributed by atoms with Gasteiger partial charge in [-0.15, -0.1) is 0 Å². The third-order valence-corrected chi connectivity index (χ3v) is 9.54. The van der Waals surface area contributed by atoms with Gasteiger partial charge in [-0.3, -0.25) is 9.59 Å². The number of aliphatic carboxylic acids is 1. The fraction of sp³-hybridized carbons (Fsp3) is 0.833. The van der Waals surface area contributed by atoms with Gasteiger partial charge in [0.05, 0.1) is 0 Å². The monoisotopic (exact) mass is 372 g/mol. The zero-order valence-electron chi connectivity index (χ0n) is 17.3. The molecule has 0 saturated heterocycles. The van der Waals surface area contributed by atoms with Gasteiger partial charge in [-0.05, 0) is 97.9 Å². The Bertz CT molecular complexity index is 665. The lowest BCUT2D eigenvalue weighted by Crippen LogP contribution is -2.51. The van der Waals surface area contributed by atoms with Crippen LogP contribution in [0.25, 0.3) is 0 Å². The van der Waals surface area contributed by atoms with Gasteiger partial charge >= 0.3 is 5.97 Å². The van der Waals surface area contributed by atoms with Gasteiger partial charge in [0.15, 0.2) is 5.78 Å². The van der Waals surface area contributed by atoms with E-state index in [-0.39, 0.29) is 5.41 Å². The molecule has 27 heavy (non-hydrogen) atoms. The van der Waals surface area contributed by atoms with Crippen LogP contribution in [0.3, 0.4) is 0 Å². The highest BCUT2D eigenvalue weighted by Crippen LogP contribution is 2.67. The number of rotatable bonds is 4. The normalized spacial score (nSPS) is 44.7. The predicted octanol–water partition coefficient (Wildman–Crippen LogP) is 5.64. The van der Waals surface area contributed by atoms with Crippen molar-refractivity contribution in [1.82, 2.24) is 0 Å². The maximum absolute atomic E-state index is 12.0. The van der Waals surface area contributed by atoms with Crippen LogP contribution in [0, 0.1) is 40.4 Å². The number of carbonyl (C=O) groups is 2. The minimum atomic E-state index is -0.656. The van der Waals surface area contributed by atoms with Crippen LogP contribution in [-0.4, -0.2) is 16.9 Å². The fourth-order valence-corrected chi connectivity index (χ4v) is 8.09. The minimum absolute atomic E-state index is 0.255. The van der Waals surface area contributed by atoms with E-state index < -0.39 is 5.97 Å². The van der Waals surface area contributed by atoms with E-state index in [2.05, 4.69) is 20.8 Å². The molecule has 0 radical (unpaired) electrons. The second-order valence-corrected chi connectivity index (χ2v) is 10.6. The SMILES string of the molecule is C[C@H](CCC(=O)O)[C@H]1CCC2C3CCC4=CC(=O)CC[C@]4(C)C3CC[C@@]21C. The molecule has 3 saturated carbocycles. The standard InChI is InChI=1S/C24H36O3/c1-15(4-9-22(26)27)19-7-8-20-18-6-5-16-14-17(25)10-12-23(16,2)21(18)11-13-24(19,20)3/h14-15,18-21H,4-13H2,1-3H3,(H,26,27)/t15-,18?,19-,20?,21?,23+,24-/m1/s1. The van der Waals surface area contributed by atoms with Crippen molar-refractivity contribution in [3.05, 3.63) is 11.6 Å². The van der Waals surface area contributed by atoms with Gasteiger partial charge in [-0.1, -0.05) is 26.3 Å². The number of carbonyl (C=O) groups excluding carboxylic acids is 1. The third-order valence-electron chi connectivity index (χ3n) is 9.54. The van der Waals surface area contributed by atoms with Crippen LogP contribution in [0.15, 0.2) is 11.6 Å². The lowest BCUT2D eigenvalue weighted by molar-refractivity contribution is -0.137. The van der Waals surface area contributed by atoms with Gasteiger partial charge in [-0.2, -0.15) is 0 Å². The highest BCUT2D eigenvalue weighted by Gasteiger charge is 2.59. The Morgan fingerprint density at radius 2 is 1.93 bits per heavy atom. The van der Waals surface area contributed by atoms with Crippen molar-refractivity contribution in [2.24, 2.45) is 40.4 Å². The molecule has 7 atom stereocenters. The first-order valence-corrected chi connectivity index (χ1v) is 11.2. The summed E-state index contributed by atoms with van der Waals surface area (Å²) in [4.78, 5) is 23.0. The van der Waals surface area contributed by atoms with Gasteiger partial charge in [0.1, 0.15) is 0 Å². The molecular formula is C24H36O3. The Morgan fingerprint density at radius 1 is 1.15 bits per heavy atom. The molecular weight excluding hydrogens is 336 g/mol. The average Bonchev–Trinajstić information content (AvgIpc) is 2.97. The zero-order chi connectivity index (χ0) is 19.4. The zero-order valence-corrected chi connectivity index (χ0v) is 17.3. The number of carboxylic acid groups (broad SMARTS) is 1. The summed E-state index contributed by atoms with van der Waals surface area (Å²) >= 11 is 0. The van der Waals surface area contributed by atoms with Gasteiger partial charge in [0.25, 0.3) is 0 Å². The minimum Gasteiger partial charge on any atom is -0.481 e. The van der Waals surface area contributed by atoms with Gasteiger partial charge in [0.2, 0.25) is 0 Å². The Morgan fingerprint density at radius 3 is 2.67 bits per heavy atom. The first-order valence-electron chi connectivity index (χ1n) is 11.2. The molecule has 0 bridgehead atoms. The van der Waals surface area contributed by atoms with E-state index in [4.69, 9.17) is 5.11 Å². The van der Waals surface area contributed by atoms with Crippen LogP contribution in [0.4, 0.5) is 0 Å². The van der Waals surface area contributed by atoms with Crippen molar-refractivity contribution >= 4 is 11.8 Å². The molecule has 3 heteroatoms. The topological polar surface area (TPSA) is 54.4 Å². The number of allylic oxidation sites excluding steroid dienone is 1. The number of ketones is 1. The number of carboxylic acids is 1. The molecule has 0 spiro atoms. The molecule has 0 aromatic rings. The molecule has 0 amide bonds. The second kappa shape index (κ2) is 6.74. The molecule has 3 unspecified atom stereocenters. The third kappa shape index (κ3) is 3.00. The van der Waals surface area contributed by atoms with Crippen molar-refractivity contribution in [2.75, 3.05) is 0 Å². The second-order valence-electron chi connectivity index (χ2n) is 10.6. The molecule has 0 heterocycles. The van der Waals surface area contributed by atoms with Crippen molar-refractivity contribution in [3.8, 4) is 0 Å². The number of hydrogen-bond donors (Lipinski definition) is 1. The fourth-order valence-electron chi connectivity index (χ4n) is 8.09. The first-order chi connectivity index (χ1) is 12.8. The van der Waals surface area contributed by atoms with E-state index in [0.29, 0.717) is 29.5 Å². The Kier molecular flexibility index (Phi) is 4.79. The maximum atomic E-state index is 12.0. The summed E-state index contributed by atoms with van der Waals surface area (Å²) in [6.07, 6.45) is 12.5. The molecule has 4 aliphatic carbocycles. The van der Waals surface area contributed by atoms with Crippen molar-refractivity contribution in [3.63, 3.8) is 0 Å². The van der Waals surface area contributed by atoms with E-state index in [1.165, 1.54) is 37.7 Å². The Hall–Kier alpha value is -1.12. The van der Waals surface area contributed by atoms with E-state index >= 15 is 0 Å². The van der Waals surface area contributed by atoms with Crippen molar-refractivity contribution < 1.29 is 14.7 Å². The molecule has 3 fully saturated rings. The molecule has 4 rings (SSSR count). The number of fused-ring (bicyclic) bond motifs is 5. The highest BCUT2D eigenvalue weighted by molar-refractivity contribution is 5.91. The van der Waals surface area contributed by atoms with E-state index in [1.54, 1.807) is 0 Å². The summed E-state index contributed by atoms with van der Waals surface area (Å²) in [6, 6.07) is 0. The molecule has 0 aromatic carbocycles. The lowest BCUT2D eigenvalue weighted by atomic mass is 9.46. The number of hydrogen-bond acceptors (Lipinski definition) is 2. The van der Waals surface area contributed by atoms with E-state index in [9.17, 15) is 9.59 Å². The summed E-state index contributed by atoms with van der Waals surface area (Å²) in [5.74, 6) is 3.22. The van der Waals surface area contributed by atoms with Crippen molar-refractivity contribution in [2.45, 2.75) is 85.0 Å². The van der Waals surface area contributed by atoms with Crippen LogP contribution in [0.5, 0.6) is 0 Å². The maximum Gasteiger partial charge on any atom is 0.303 e. The first kappa shape index (κ1) is 19.2. The molecule has 0 aliphatic heterocycles. The van der Waals surface area contributed by atoms with Crippen LogP contribution < -0.4 is 0 Å². The molecule has 4 aliphatic rings. The largest absolute Gasteiger partial charge is 0.481 e. The summed E-state index contributed by atoms with van der Waals surface area (Å²) in [7, 11) is 0. The van der Waals surface area contributed by atoms with E-state index in [0.717, 1.165) is 43.4 Å². The van der Waals surface area contributed by atoms with Crippen LogP contribution in [0.2, 0.25) is 0 Å². The highest BCUT2D eigenvalue weighted by atomic mass is 16.4. The van der Waals surface area contributed by atoms with Crippen LogP contribution in [-0.2, 0) is 9.59 Å². The summed E-state index contributed by atoms with van der Waals surface area (Å²) in [5.41, 5.74) is 2.10.